The molecule has 2 nitrogen and oxygen atoms in total. The number of carbonyl (C=O) groups excluding carboxylic acids is 1. The van der Waals surface area contributed by atoms with Crippen LogP contribution in [0.15, 0.2) is 0 Å². The van der Waals surface area contributed by atoms with Gasteiger partial charge in [0, 0.05) is 25.3 Å². The van der Waals surface area contributed by atoms with Crippen LogP contribution in [0.3, 0.4) is 0 Å². The van der Waals surface area contributed by atoms with E-state index in [-0.39, 0.29) is 17.7 Å². The van der Waals surface area contributed by atoms with Crippen LogP contribution in [-0.4, -0.2) is 18.4 Å². The first-order chi connectivity index (χ1) is 9.77. The third-order valence-corrected chi connectivity index (χ3v) is 4.38. The molecular weight excluding hydrogens is 272 g/mol. The van der Waals surface area contributed by atoms with Gasteiger partial charge in [0.25, 0.3) is 0 Å². The fourth-order valence-electron chi connectivity index (χ4n) is 2.31. The Morgan fingerprint density at radius 2 is 2.10 bits per heavy atom. The van der Waals surface area contributed by atoms with Crippen molar-refractivity contribution in [3.63, 3.8) is 0 Å². The maximum Gasteiger partial charge on any atom is 0.311 e. The first-order valence-electron chi connectivity index (χ1n) is 7.91. The summed E-state index contributed by atoms with van der Waals surface area (Å²) in [5.41, 5.74) is 0.170. The second-order valence-electron chi connectivity index (χ2n) is 6.69. The fraction of sp³-hybridized carbons (Fsp3) is 0.824. The minimum Gasteiger partial charge on any atom is -0.356 e. The average molecular weight is 299 g/mol. The molecule has 1 aliphatic carbocycles. The summed E-state index contributed by atoms with van der Waals surface area (Å²) in [5.74, 6) is 0.283. The zero-order valence-corrected chi connectivity index (χ0v) is 13.4. The lowest BCUT2D eigenvalue weighted by Gasteiger charge is -2.25. The molecule has 0 saturated carbocycles. The van der Waals surface area contributed by atoms with Crippen LogP contribution in [0.2, 0.25) is 0 Å². The zero-order chi connectivity index (χ0) is 15.9. The lowest BCUT2D eigenvalue weighted by atomic mass is 9.86. The van der Waals surface area contributed by atoms with Crippen molar-refractivity contribution in [1.82, 2.24) is 5.32 Å². The molecule has 1 N–H and O–H groups in total. The number of carbonyl (C=O) groups is 1. The molecule has 0 aliphatic heterocycles. The van der Waals surface area contributed by atoms with Crippen LogP contribution in [0.1, 0.15) is 65.7 Å². The third-order valence-electron chi connectivity index (χ3n) is 4.38. The predicted octanol–water partition coefficient (Wildman–Crippen LogP) is 4.15. The summed E-state index contributed by atoms with van der Waals surface area (Å²) in [5, 5.41) is 2.77. The fourth-order valence-corrected chi connectivity index (χ4v) is 2.31. The molecule has 4 heteroatoms. The van der Waals surface area contributed by atoms with E-state index >= 15 is 0 Å². The van der Waals surface area contributed by atoms with E-state index in [4.69, 9.17) is 0 Å². The largest absolute Gasteiger partial charge is 0.356 e. The van der Waals surface area contributed by atoms with Gasteiger partial charge in [-0.25, -0.2) is 0 Å². The van der Waals surface area contributed by atoms with Gasteiger partial charge in [0.05, 0.1) is 0 Å². The van der Waals surface area contributed by atoms with Crippen LogP contribution in [0.25, 0.3) is 0 Å². The molecule has 21 heavy (non-hydrogen) atoms. The molecule has 1 atom stereocenters. The summed E-state index contributed by atoms with van der Waals surface area (Å²) in [6.07, 6.45) is 4.20. The maximum atomic E-state index is 13.9. The highest BCUT2D eigenvalue weighted by atomic mass is 19.3. The molecule has 1 amide bonds. The molecule has 1 rings (SSSR count). The molecule has 0 heterocycles. The van der Waals surface area contributed by atoms with Gasteiger partial charge in [0.15, 0.2) is 0 Å². The number of nitrogens with one attached hydrogen (secondary N) is 1. The minimum atomic E-state index is -3.04. The topological polar surface area (TPSA) is 29.1 Å². The van der Waals surface area contributed by atoms with Gasteiger partial charge < -0.3 is 5.32 Å². The van der Waals surface area contributed by atoms with Gasteiger partial charge in [0.1, 0.15) is 0 Å². The van der Waals surface area contributed by atoms with Crippen molar-refractivity contribution in [2.45, 2.75) is 71.6 Å². The van der Waals surface area contributed by atoms with Crippen molar-refractivity contribution >= 4 is 5.91 Å². The normalized spacial score (nSPS) is 21.7. The summed E-state index contributed by atoms with van der Waals surface area (Å²) in [6.45, 7) is 6.93. The summed E-state index contributed by atoms with van der Waals surface area (Å²) in [4.78, 5) is 11.9. The first-order valence-corrected chi connectivity index (χ1v) is 7.91. The van der Waals surface area contributed by atoms with E-state index in [9.17, 15) is 13.6 Å². The van der Waals surface area contributed by atoms with Crippen LogP contribution in [-0.2, 0) is 4.79 Å². The van der Waals surface area contributed by atoms with E-state index < -0.39 is 11.8 Å². The van der Waals surface area contributed by atoms with Gasteiger partial charge in [-0.3, -0.25) is 4.79 Å². The van der Waals surface area contributed by atoms with Crippen molar-refractivity contribution in [3.8, 4) is 11.8 Å². The molecule has 0 radical (unpaired) electrons. The van der Waals surface area contributed by atoms with Crippen molar-refractivity contribution in [2.24, 2.45) is 11.3 Å². The average Bonchev–Trinajstić information content (AvgIpc) is 2.39. The molecule has 0 bridgehead atoms. The summed E-state index contributed by atoms with van der Waals surface area (Å²) >= 11 is 0. The van der Waals surface area contributed by atoms with E-state index in [1.807, 2.05) is 5.92 Å². The first kappa shape index (κ1) is 17.9. The van der Waals surface area contributed by atoms with Gasteiger partial charge in [-0.15, -0.1) is 0 Å². The third kappa shape index (κ3) is 6.46. The minimum absolute atomic E-state index is 0.131. The molecule has 0 spiro atoms. The molecule has 1 aliphatic rings. The Bertz CT molecular complexity index is 407. The molecule has 0 aromatic heterocycles. The van der Waals surface area contributed by atoms with Gasteiger partial charge in [-0.1, -0.05) is 39.5 Å². The quantitative estimate of drug-likeness (QED) is 0.734. The smallest absolute Gasteiger partial charge is 0.311 e. The van der Waals surface area contributed by atoms with Gasteiger partial charge in [0.2, 0.25) is 5.91 Å². The van der Waals surface area contributed by atoms with Gasteiger partial charge in [-0.2, -0.15) is 8.78 Å². The molecule has 0 aromatic carbocycles. The summed E-state index contributed by atoms with van der Waals surface area (Å²) in [6, 6.07) is 0. The van der Waals surface area contributed by atoms with E-state index in [2.05, 4.69) is 32.0 Å². The number of alkyl halides is 2. The van der Waals surface area contributed by atoms with E-state index in [1.54, 1.807) is 0 Å². The Morgan fingerprint density at radius 1 is 1.38 bits per heavy atom. The molecular formula is C17H27F2NO. The lowest BCUT2D eigenvalue weighted by molar-refractivity contribution is -0.125. The Morgan fingerprint density at radius 3 is 2.76 bits per heavy atom. The van der Waals surface area contributed by atoms with Crippen LogP contribution in [0.5, 0.6) is 0 Å². The second kappa shape index (κ2) is 7.77. The van der Waals surface area contributed by atoms with Crippen LogP contribution in [0.4, 0.5) is 8.78 Å². The van der Waals surface area contributed by atoms with Crippen molar-refractivity contribution in [2.75, 3.05) is 6.54 Å². The van der Waals surface area contributed by atoms with E-state index in [0.29, 0.717) is 25.8 Å². The highest BCUT2D eigenvalue weighted by molar-refractivity contribution is 5.76. The monoisotopic (exact) mass is 299 g/mol. The van der Waals surface area contributed by atoms with Crippen LogP contribution in [0, 0.1) is 23.2 Å². The number of hydrogen-bond donors (Lipinski definition) is 1. The van der Waals surface area contributed by atoms with Crippen molar-refractivity contribution in [1.29, 1.82) is 0 Å². The van der Waals surface area contributed by atoms with E-state index in [1.165, 1.54) is 0 Å². The van der Waals surface area contributed by atoms with Crippen molar-refractivity contribution in [3.05, 3.63) is 0 Å². The highest BCUT2D eigenvalue weighted by Gasteiger charge is 2.38. The second-order valence-corrected chi connectivity index (χ2v) is 6.69. The van der Waals surface area contributed by atoms with E-state index in [0.717, 1.165) is 19.3 Å². The van der Waals surface area contributed by atoms with Gasteiger partial charge >= 0.3 is 5.92 Å². The maximum absolute atomic E-state index is 13.9. The lowest BCUT2D eigenvalue weighted by Crippen LogP contribution is -2.35. The number of halogens is 2. The summed E-state index contributed by atoms with van der Waals surface area (Å²) in [7, 11) is 0. The van der Waals surface area contributed by atoms with Gasteiger partial charge in [-0.05, 0) is 30.6 Å². The SMILES string of the molecule is CCC(C)(C)CCNC(=O)CC1CCCCC#CC1(F)F. The molecule has 120 valence electrons. The molecule has 0 saturated heterocycles. The predicted molar refractivity (Wildman–Crippen MR) is 81.0 cm³/mol. The number of hydrogen-bond acceptors (Lipinski definition) is 1. The standard InChI is InChI=1S/C17H27F2NO/c1-4-16(2,3)11-12-20-15(21)13-14-9-7-5-6-8-10-17(14,18)19/h14H,4-7,9,11-13H2,1-3H3,(H,20,21). The Kier molecular flexibility index (Phi) is 6.64. The van der Waals surface area contributed by atoms with Crippen LogP contribution < -0.4 is 5.32 Å². The number of rotatable bonds is 6. The highest BCUT2D eigenvalue weighted by Crippen LogP contribution is 2.32. The molecule has 1 unspecified atom stereocenters. The molecule has 0 aromatic rings. The Balaban J connectivity index is 2.46. The zero-order valence-electron chi connectivity index (χ0n) is 13.4. The molecule has 0 fully saturated rings. The Hall–Kier alpha value is -1.11. The summed E-state index contributed by atoms with van der Waals surface area (Å²) < 4.78 is 27.8. The van der Waals surface area contributed by atoms with Crippen LogP contribution >= 0.6 is 0 Å². The van der Waals surface area contributed by atoms with Crippen molar-refractivity contribution < 1.29 is 13.6 Å². The Labute approximate surface area is 127 Å². The number of amides is 1.